The molecule has 2 fully saturated rings. The summed E-state index contributed by atoms with van der Waals surface area (Å²) in [5, 5.41) is 3.67. The van der Waals surface area contributed by atoms with Gasteiger partial charge in [-0.1, -0.05) is 6.92 Å². The van der Waals surface area contributed by atoms with Crippen LogP contribution in [0.3, 0.4) is 0 Å². The highest BCUT2D eigenvalue weighted by atomic mass is 16.5. The number of nitrogens with zero attached hydrogens (tertiary/aromatic N) is 1. The van der Waals surface area contributed by atoms with Gasteiger partial charge in [0.1, 0.15) is 0 Å². The fourth-order valence-electron chi connectivity index (χ4n) is 3.38. The lowest BCUT2D eigenvalue weighted by Gasteiger charge is -2.41. The van der Waals surface area contributed by atoms with Gasteiger partial charge in [0.2, 0.25) is 0 Å². The van der Waals surface area contributed by atoms with Crippen LogP contribution in [0.25, 0.3) is 0 Å². The smallest absolute Gasteiger partial charge is 0.0781 e. The fourth-order valence-corrected chi connectivity index (χ4v) is 3.38. The Morgan fingerprint density at radius 1 is 1.44 bits per heavy atom. The summed E-state index contributed by atoms with van der Waals surface area (Å²) in [5.41, 5.74) is 0.123. The van der Waals surface area contributed by atoms with Gasteiger partial charge in [-0.3, -0.25) is 4.90 Å². The molecule has 2 aliphatic heterocycles. The maximum atomic E-state index is 5.93. The molecule has 0 saturated carbocycles. The molecule has 2 saturated heterocycles. The highest BCUT2D eigenvalue weighted by Gasteiger charge is 2.35. The van der Waals surface area contributed by atoms with E-state index in [4.69, 9.17) is 4.74 Å². The van der Waals surface area contributed by atoms with Crippen molar-refractivity contribution in [3.8, 4) is 0 Å². The summed E-state index contributed by atoms with van der Waals surface area (Å²) in [6.45, 7) is 11.4. The Hall–Kier alpha value is -0.120. The number of piperidine rings is 1. The third-order valence-corrected chi connectivity index (χ3v) is 4.53. The predicted molar refractivity (Wildman–Crippen MR) is 75.9 cm³/mol. The van der Waals surface area contributed by atoms with E-state index in [1.807, 2.05) is 0 Å². The van der Waals surface area contributed by atoms with E-state index in [9.17, 15) is 0 Å². The molecule has 0 aliphatic carbocycles. The Morgan fingerprint density at radius 2 is 2.28 bits per heavy atom. The third-order valence-electron chi connectivity index (χ3n) is 4.53. The molecule has 0 amide bonds. The number of nitrogens with one attached hydrogen (secondary N) is 1. The molecule has 2 rings (SSSR count). The highest BCUT2D eigenvalue weighted by Crippen LogP contribution is 2.28. The standard InChI is InChI=1S/C15H30N2O/c1-4-8-16-14-6-9-17(13(2)11-14)12-15(3)7-5-10-18-15/h13-14,16H,4-12H2,1-3H3. The molecule has 0 aromatic carbocycles. The van der Waals surface area contributed by atoms with Crippen molar-refractivity contribution in [1.29, 1.82) is 0 Å². The molecule has 0 spiro atoms. The average Bonchev–Trinajstić information content (AvgIpc) is 2.77. The van der Waals surface area contributed by atoms with Crippen molar-refractivity contribution < 1.29 is 4.74 Å². The molecule has 2 aliphatic rings. The summed E-state index contributed by atoms with van der Waals surface area (Å²) < 4.78 is 5.93. The van der Waals surface area contributed by atoms with Gasteiger partial charge in [0, 0.05) is 31.8 Å². The molecule has 0 aromatic heterocycles. The van der Waals surface area contributed by atoms with Crippen LogP contribution in [0.15, 0.2) is 0 Å². The highest BCUT2D eigenvalue weighted by molar-refractivity contribution is 4.89. The Kier molecular flexibility index (Phi) is 5.05. The fraction of sp³-hybridized carbons (Fsp3) is 1.00. The van der Waals surface area contributed by atoms with E-state index in [-0.39, 0.29) is 5.60 Å². The van der Waals surface area contributed by atoms with Gasteiger partial charge in [0.05, 0.1) is 5.60 Å². The molecule has 106 valence electrons. The summed E-state index contributed by atoms with van der Waals surface area (Å²) in [5.74, 6) is 0. The number of rotatable bonds is 5. The van der Waals surface area contributed by atoms with Crippen molar-refractivity contribution in [3.05, 3.63) is 0 Å². The molecule has 0 bridgehead atoms. The Morgan fingerprint density at radius 3 is 2.89 bits per heavy atom. The van der Waals surface area contributed by atoms with Crippen LogP contribution in [0.4, 0.5) is 0 Å². The van der Waals surface area contributed by atoms with Gasteiger partial charge in [-0.25, -0.2) is 0 Å². The molecule has 1 N–H and O–H groups in total. The minimum Gasteiger partial charge on any atom is -0.374 e. The first-order chi connectivity index (χ1) is 8.63. The zero-order valence-corrected chi connectivity index (χ0v) is 12.4. The lowest BCUT2D eigenvalue weighted by atomic mass is 9.94. The van der Waals surface area contributed by atoms with E-state index < -0.39 is 0 Å². The topological polar surface area (TPSA) is 24.5 Å². The van der Waals surface area contributed by atoms with Crippen molar-refractivity contribution in [2.45, 2.75) is 70.6 Å². The molecule has 3 atom stereocenters. The van der Waals surface area contributed by atoms with Gasteiger partial charge in [-0.2, -0.15) is 0 Å². The number of ether oxygens (including phenoxy) is 1. The van der Waals surface area contributed by atoms with E-state index in [1.54, 1.807) is 0 Å². The molecular weight excluding hydrogens is 224 g/mol. The second kappa shape index (κ2) is 6.36. The number of hydrogen-bond acceptors (Lipinski definition) is 3. The second-order valence-corrected chi connectivity index (χ2v) is 6.40. The van der Waals surface area contributed by atoms with E-state index in [0.29, 0.717) is 6.04 Å². The van der Waals surface area contributed by atoms with E-state index in [0.717, 1.165) is 25.7 Å². The maximum Gasteiger partial charge on any atom is 0.0781 e. The molecule has 2 heterocycles. The van der Waals surface area contributed by atoms with Crippen molar-refractivity contribution in [2.24, 2.45) is 0 Å². The quantitative estimate of drug-likeness (QED) is 0.815. The SMILES string of the molecule is CCCNC1CCN(CC2(C)CCCO2)C(C)C1. The first kappa shape index (κ1) is 14.3. The molecular formula is C15H30N2O. The van der Waals surface area contributed by atoms with Crippen LogP contribution in [-0.4, -0.2) is 48.8 Å². The van der Waals surface area contributed by atoms with Crippen LogP contribution in [0, 0.1) is 0 Å². The largest absolute Gasteiger partial charge is 0.374 e. The van der Waals surface area contributed by atoms with Crippen LogP contribution < -0.4 is 5.32 Å². The maximum absolute atomic E-state index is 5.93. The van der Waals surface area contributed by atoms with Gasteiger partial charge in [0.15, 0.2) is 0 Å². The van der Waals surface area contributed by atoms with E-state index >= 15 is 0 Å². The van der Waals surface area contributed by atoms with Gasteiger partial charge < -0.3 is 10.1 Å². The van der Waals surface area contributed by atoms with Gasteiger partial charge in [-0.15, -0.1) is 0 Å². The van der Waals surface area contributed by atoms with Crippen molar-refractivity contribution in [1.82, 2.24) is 10.2 Å². The van der Waals surface area contributed by atoms with Gasteiger partial charge >= 0.3 is 0 Å². The lowest BCUT2D eigenvalue weighted by Crippen LogP contribution is -2.52. The zero-order chi connectivity index (χ0) is 13.0. The molecule has 3 unspecified atom stereocenters. The number of hydrogen-bond donors (Lipinski definition) is 1. The summed E-state index contributed by atoms with van der Waals surface area (Å²) in [7, 11) is 0. The first-order valence-corrected chi connectivity index (χ1v) is 7.74. The van der Waals surface area contributed by atoms with Crippen molar-refractivity contribution in [2.75, 3.05) is 26.2 Å². The Balaban J connectivity index is 1.78. The van der Waals surface area contributed by atoms with Crippen molar-refractivity contribution >= 4 is 0 Å². The lowest BCUT2D eigenvalue weighted by molar-refractivity contribution is -0.0259. The van der Waals surface area contributed by atoms with Crippen LogP contribution in [0.2, 0.25) is 0 Å². The van der Waals surface area contributed by atoms with E-state index in [1.165, 1.54) is 38.6 Å². The minimum absolute atomic E-state index is 0.123. The van der Waals surface area contributed by atoms with E-state index in [2.05, 4.69) is 31.0 Å². The number of likely N-dealkylation sites (tertiary alicyclic amines) is 1. The van der Waals surface area contributed by atoms with Crippen LogP contribution in [0.1, 0.15) is 52.9 Å². The molecule has 0 radical (unpaired) electrons. The monoisotopic (exact) mass is 254 g/mol. The van der Waals surface area contributed by atoms with Crippen LogP contribution in [0.5, 0.6) is 0 Å². The van der Waals surface area contributed by atoms with Crippen molar-refractivity contribution in [3.63, 3.8) is 0 Å². The molecule has 18 heavy (non-hydrogen) atoms. The second-order valence-electron chi connectivity index (χ2n) is 6.40. The summed E-state index contributed by atoms with van der Waals surface area (Å²) in [6.07, 6.45) is 6.28. The van der Waals surface area contributed by atoms with Gasteiger partial charge in [-0.05, 0) is 52.5 Å². The average molecular weight is 254 g/mol. The molecule has 3 heteroatoms. The minimum atomic E-state index is 0.123. The van der Waals surface area contributed by atoms with Gasteiger partial charge in [0.25, 0.3) is 0 Å². The third kappa shape index (κ3) is 3.69. The molecule has 3 nitrogen and oxygen atoms in total. The first-order valence-electron chi connectivity index (χ1n) is 7.74. The normalized spacial score (nSPS) is 38.2. The summed E-state index contributed by atoms with van der Waals surface area (Å²) in [6, 6.07) is 1.42. The zero-order valence-electron chi connectivity index (χ0n) is 12.4. The van der Waals surface area contributed by atoms with Crippen LogP contribution >= 0.6 is 0 Å². The Bertz CT molecular complexity index is 251. The molecule has 0 aromatic rings. The summed E-state index contributed by atoms with van der Waals surface area (Å²) in [4.78, 5) is 2.63. The Labute approximate surface area is 112 Å². The summed E-state index contributed by atoms with van der Waals surface area (Å²) >= 11 is 0. The van der Waals surface area contributed by atoms with Crippen LogP contribution in [-0.2, 0) is 4.74 Å². The predicted octanol–water partition coefficient (Wildman–Crippen LogP) is 2.41.